The van der Waals surface area contributed by atoms with Gasteiger partial charge in [0.25, 0.3) is 0 Å². The number of aromatic nitrogens is 2. The molecule has 0 fully saturated rings. The van der Waals surface area contributed by atoms with E-state index < -0.39 is 11.7 Å². The van der Waals surface area contributed by atoms with Gasteiger partial charge in [-0.2, -0.15) is 18.2 Å². The van der Waals surface area contributed by atoms with E-state index >= 15 is 0 Å². The van der Waals surface area contributed by atoms with E-state index in [1.54, 1.807) is 48.5 Å². The molecule has 0 radical (unpaired) electrons. The molecule has 26 heavy (non-hydrogen) atoms. The summed E-state index contributed by atoms with van der Waals surface area (Å²) in [6.45, 7) is 0. The fourth-order valence-electron chi connectivity index (χ4n) is 2.10. The second kappa shape index (κ2) is 7.78. The van der Waals surface area contributed by atoms with Crippen molar-refractivity contribution in [2.75, 3.05) is 10.6 Å². The smallest absolute Gasteiger partial charge is 0.339 e. The number of alkyl halides is 3. The molecule has 4 nitrogen and oxygen atoms in total. The van der Waals surface area contributed by atoms with E-state index in [0.29, 0.717) is 11.4 Å². The molecule has 0 atom stereocenters. The first-order valence-corrected chi connectivity index (χ1v) is 9.18. The standard InChI is InChI=1S/C17H11BrF3IN4/c18-10-5-7-11(8-6-10)24-16-23-9-12(17(19,20)21)15(26-16)25-14-4-2-1-3-13(14)22/h1-9H,(H2,23,24,25,26). The summed E-state index contributed by atoms with van der Waals surface area (Å²) in [6, 6.07) is 14.1. The van der Waals surface area contributed by atoms with Gasteiger partial charge in [-0.05, 0) is 59.0 Å². The lowest BCUT2D eigenvalue weighted by Crippen LogP contribution is -2.13. The second-order valence-electron chi connectivity index (χ2n) is 5.19. The maximum absolute atomic E-state index is 13.3. The zero-order chi connectivity index (χ0) is 18.7. The molecule has 0 unspecified atom stereocenters. The summed E-state index contributed by atoms with van der Waals surface area (Å²) in [5, 5.41) is 5.65. The number of anilines is 4. The number of hydrogen-bond donors (Lipinski definition) is 2. The summed E-state index contributed by atoms with van der Waals surface area (Å²) in [6.07, 6.45) is -3.80. The molecule has 0 bridgehead atoms. The summed E-state index contributed by atoms with van der Waals surface area (Å²) in [7, 11) is 0. The number of halogens is 5. The van der Waals surface area contributed by atoms with E-state index in [1.807, 2.05) is 22.6 Å². The van der Waals surface area contributed by atoms with E-state index in [0.717, 1.165) is 14.2 Å². The van der Waals surface area contributed by atoms with Gasteiger partial charge in [0.1, 0.15) is 11.4 Å². The number of nitrogens with zero attached hydrogens (tertiary/aromatic N) is 2. The molecule has 134 valence electrons. The predicted molar refractivity (Wildman–Crippen MR) is 107 cm³/mol. The Bertz CT molecular complexity index is 917. The SMILES string of the molecule is FC(F)(F)c1cnc(Nc2ccc(Br)cc2)nc1Nc1ccccc1I. The van der Waals surface area contributed by atoms with Crippen LogP contribution in [0.2, 0.25) is 0 Å². The molecular weight excluding hydrogens is 524 g/mol. The van der Waals surface area contributed by atoms with Gasteiger partial charge in [-0.15, -0.1) is 0 Å². The number of rotatable bonds is 4. The van der Waals surface area contributed by atoms with Crippen LogP contribution in [-0.2, 0) is 6.18 Å². The quantitative estimate of drug-likeness (QED) is 0.383. The molecule has 0 saturated carbocycles. The largest absolute Gasteiger partial charge is 0.421 e. The number of nitrogens with one attached hydrogen (secondary N) is 2. The second-order valence-corrected chi connectivity index (χ2v) is 7.27. The fourth-order valence-corrected chi connectivity index (χ4v) is 2.88. The van der Waals surface area contributed by atoms with Crippen molar-refractivity contribution in [3.05, 3.63) is 68.3 Å². The molecular formula is C17H11BrF3IN4. The maximum Gasteiger partial charge on any atom is 0.421 e. The van der Waals surface area contributed by atoms with Crippen LogP contribution >= 0.6 is 38.5 Å². The lowest BCUT2D eigenvalue weighted by molar-refractivity contribution is -0.137. The summed E-state index contributed by atoms with van der Waals surface area (Å²) in [5.41, 5.74) is 0.263. The Morgan fingerprint density at radius 2 is 1.65 bits per heavy atom. The lowest BCUT2D eigenvalue weighted by Gasteiger charge is -2.15. The van der Waals surface area contributed by atoms with Gasteiger partial charge < -0.3 is 10.6 Å². The van der Waals surface area contributed by atoms with Gasteiger partial charge in [-0.25, -0.2) is 4.98 Å². The van der Waals surface area contributed by atoms with Crippen molar-refractivity contribution in [2.45, 2.75) is 6.18 Å². The van der Waals surface area contributed by atoms with Crippen LogP contribution in [-0.4, -0.2) is 9.97 Å². The molecule has 3 rings (SSSR count). The minimum Gasteiger partial charge on any atom is -0.339 e. The molecule has 1 heterocycles. The first-order valence-electron chi connectivity index (χ1n) is 7.31. The van der Waals surface area contributed by atoms with E-state index in [1.165, 1.54) is 0 Å². The third-order valence-electron chi connectivity index (χ3n) is 3.32. The van der Waals surface area contributed by atoms with Gasteiger partial charge in [0, 0.05) is 19.9 Å². The third kappa shape index (κ3) is 4.64. The van der Waals surface area contributed by atoms with Crippen LogP contribution in [0.25, 0.3) is 0 Å². The van der Waals surface area contributed by atoms with Crippen molar-refractivity contribution in [2.24, 2.45) is 0 Å². The van der Waals surface area contributed by atoms with Crippen molar-refractivity contribution < 1.29 is 13.2 Å². The summed E-state index contributed by atoms with van der Waals surface area (Å²) >= 11 is 5.37. The highest BCUT2D eigenvalue weighted by atomic mass is 127. The number of hydrogen-bond acceptors (Lipinski definition) is 4. The van der Waals surface area contributed by atoms with Crippen molar-refractivity contribution in [1.82, 2.24) is 9.97 Å². The van der Waals surface area contributed by atoms with Crippen LogP contribution in [0.3, 0.4) is 0 Å². The minimum absolute atomic E-state index is 0.0637. The van der Waals surface area contributed by atoms with Crippen molar-refractivity contribution in [1.29, 1.82) is 0 Å². The molecule has 0 saturated heterocycles. The Kier molecular flexibility index (Phi) is 5.66. The zero-order valence-electron chi connectivity index (χ0n) is 13.0. The Hall–Kier alpha value is -1.88. The van der Waals surface area contributed by atoms with E-state index in [9.17, 15) is 13.2 Å². The van der Waals surface area contributed by atoms with Gasteiger partial charge >= 0.3 is 6.18 Å². The van der Waals surface area contributed by atoms with Crippen LogP contribution in [0.1, 0.15) is 5.56 Å². The lowest BCUT2D eigenvalue weighted by atomic mass is 10.2. The average molecular weight is 535 g/mol. The number of para-hydroxylation sites is 1. The normalized spacial score (nSPS) is 11.3. The van der Waals surface area contributed by atoms with Crippen molar-refractivity contribution in [3.8, 4) is 0 Å². The minimum atomic E-state index is -4.57. The van der Waals surface area contributed by atoms with E-state index in [4.69, 9.17) is 0 Å². The molecule has 2 aromatic carbocycles. The monoisotopic (exact) mass is 534 g/mol. The molecule has 0 amide bonds. The molecule has 0 aliphatic heterocycles. The van der Waals surface area contributed by atoms with Gasteiger partial charge in [-0.1, -0.05) is 28.1 Å². The Labute approximate surface area is 169 Å². The molecule has 2 N–H and O–H groups in total. The van der Waals surface area contributed by atoms with Gasteiger partial charge in [-0.3, -0.25) is 0 Å². The summed E-state index contributed by atoms with van der Waals surface area (Å²) < 4.78 is 41.6. The predicted octanol–water partition coefficient (Wildman–Crippen LogP) is 6.35. The van der Waals surface area contributed by atoms with Crippen molar-refractivity contribution in [3.63, 3.8) is 0 Å². The molecule has 0 aliphatic rings. The van der Waals surface area contributed by atoms with Crippen LogP contribution in [0.4, 0.5) is 36.3 Å². The maximum atomic E-state index is 13.3. The molecule has 1 aromatic heterocycles. The van der Waals surface area contributed by atoms with Crippen molar-refractivity contribution >= 4 is 61.7 Å². The Morgan fingerprint density at radius 1 is 0.962 bits per heavy atom. The molecule has 0 spiro atoms. The van der Waals surface area contributed by atoms with Crippen LogP contribution in [0.5, 0.6) is 0 Å². The molecule has 9 heteroatoms. The first-order chi connectivity index (χ1) is 12.3. The summed E-state index contributed by atoms with van der Waals surface area (Å²) in [5.74, 6) is -0.245. The average Bonchev–Trinajstić information content (AvgIpc) is 2.58. The van der Waals surface area contributed by atoms with Gasteiger partial charge in [0.2, 0.25) is 5.95 Å². The van der Waals surface area contributed by atoms with Gasteiger partial charge in [0.15, 0.2) is 0 Å². The van der Waals surface area contributed by atoms with Crippen LogP contribution in [0.15, 0.2) is 59.2 Å². The zero-order valence-corrected chi connectivity index (χ0v) is 16.7. The Balaban J connectivity index is 1.96. The highest BCUT2D eigenvalue weighted by Crippen LogP contribution is 2.36. The molecule has 0 aliphatic carbocycles. The summed E-state index contributed by atoms with van der Waals surface area (Å²) in [4.78, 5) is 7.82. The van der Waals surface area contributed by atoms with Crippen LogP contribution < -0.4 is 10.6 Å². The van der Waals surface area contributed by atoms with E-state index in [-0.39, 0.29) is 11.8 Å². The topological polar surface area (TPSA) is 49.8 Å². The fraction of sp³-hybridized carbons (Fsp3) is 0.0588. The highest BCUT2D eigenvalue weighted by molar-refractivity contribution is 14.1. The Morgan fingerprint density at radius 3 is 2.31 bits per heavy atom. The first kappa shape index (κ1) is 18.9. The third-order valence-corrected chi connectivity index (χ3v) is 4.79. The van der Waals surface area contributed by atoms with Gasteiger partial charge in [0.05, 0.1) is 5.69 Å². The van der Waals surface area contributed by atoms with Crippen LogP contribution in [0, 0.1) is 3.57 Å². The molecule has 3 aromatic rings. The van der Waals surface area contributed by atoms with E-state index in [2.05, 4.69) is 36.5 Å². The highest BCUT2D eigenvalue weighted by Gasteiger charge is 2.35. The number of benzene rings is 2.